The Labute approximate surface area is 175 Å². The molecule has 0 aliphatic heterocycles. The number of anilines is 1. The third kappa shape index (κ3) is 4.74. The molecular formula is C23H22Cl2N2O. The predicted molar refractivity (Wildman–Crippen MR) is 117 cm³/mol. The normalized spacial score (nSPS) is 11.1. The number of benzene rings is 3. The SMILES string of the molecule is Cc1ccc(Cl)c(NC(=O)CN(C)C(c2ccccc2)c2ccccc2)c1Cl. The molecule has 3 nitrogen and oxygen atoms in total. The number of halogens is 2. The molecular weight excluding hydrogens is 391 g/mol. The van der Waals surface area contributed by atoms with E-state index in [0.29, 0.717) is 15.7 Å². The fraction of sp³-hybridized carbons (Fsp3) is 0.174. The number of hydrogen-bond donors (Lipinski definition) is 1. The van der Waals surface area contributed by atoms with E-state index in [1.807, 2.05) is 61.3 Å². The van der Waals surface area contributed by atoms with Crippen LogP contribution in [0.15, 0.2) is 72.8 Å². The highest BCUT2D eigenvalue weighted by molar-refractivity contribution is 6.40. The standard InChI is InChI=1S/C23H22Cl2N2O/c1-16-13-14-19(24)22(21(16)25)26-20(28)15-27(2)23(17-9-5-3-6-10-17)18-11-7-4-8-12-18/h3-14,23H,15H2,1-2H3,(H,26,28). The van der Waals surface area contributed by atoms with Gasteiger partial charge in [-0.3, -0.25) is 9.69 Å². The van der Waals surface area contributed by atoms with Gasteiger partial charge in [-0.2, -0.15) is 0 Å². The number of carbonyl (C=O) groups excluding carboxylic acids is 1. The summed E-state index contributed by atoms with van der Waals surface area (Å²) in [6.07, 6.45) is 0. The molecule has 0 radical (unpaired) electrons. The third-order valence-electron chi connectivity index (χ3n) is 4.61. The molecule has 3 aromatic rings. The first kappa shape index (κ1) is 20.4. The van der Waals surface area contributed by atoms with Gasteiger partial charge in [0.2, 0.25) is 5.91 Å². The number of rotatable bonds is 6. The summed E-state index contributed by atoms with van der Waals surface area (Å²) in [5.41, 5.74) is 3.56. The smallest absolute Gasteiger partial charge is 0.238 e. The van der Waals surface area contributed by atoms with Crippen LogP contribution in [0.5, 0.6) is 0 Å². The number of likely N-dealkylation sites (N-methyl/N-ethyl adjacent to an activating group) is 1. The van der Waals surface area contributed by atoms with Crippen LogP contribution in [0.4, 0.5) is 5.69 Å². The summed E-state index contributed by atoms with van der Waals surface area (Å²) in [5, 5.41) is 3.75. The number of carbonyl (C=O) groups is 1. The zero-order valence-electron chi connectivity index (χ0n) is 15.8. The van der Waals surface area contributed by atoms with E-state index in [1.54, 1.807) is 6.07 Å². The molecule has 0 fully saturated rings. The first-order valence-corrected chi connectivity index (χ1v) is 9.77. The molecule has 0 aliphatic rings. The minimum atomic E-state index is -0.172. The number of hydrogen-bond acceptors (Lipinski definition) is 2. The lowest BCUT2D eigenvalue weighted by Crippen LogP contribution is -2.34. The summed E-state index contributed by atoms with van der Waals surface area (Å²) in [4.78, 5) is 14.7. The largest absolute Gasteiger partial charge is 0.322 e. The van der Waals surface area contributed by atoms with Gasteiger partial charge in [-0.1, -0.05) is 89.9 Å². The molecule has 1 N–H and O–H groups in total. The van der Waals surface area contributed by atoms with Gasteiger partial charge in [0.15, 0.2) is 0 Å². The zero-order chi connectivity index (χ0) is 20.1. The van der Waals surface area contributed by atoms with Crippen LogP contribution in [0.1, 0.15) is 22.7 Å². The van der Waals surface area contributed by atoms with Crippen molar-refractivity contribution in [2.75, 3.05) is 18.9 Å². The van der Waals surface area contributed by atoms with Crippen LogP contribution in [-0.4, -0.2) is 24.4 Å². The van der Waals surface area contributed by atoms with E-state index in [-0.39, 0.29) is 18.5 Å². The first-order valence-electron chi connectivity index (χ1n) is 9.02. The van der Waals surface area contributed by atoms with Crippen molar-refractivity contribution >= 4 is 34.8 Å². The fourth-order valence-electron chi connectivity index (χ4n) is 3.24. The Hall–Kier alpha value is -2.33. The van der Waals surface area contributed by atoms with E-state index in [1.165, 1.54) is 0 Å². The first-order chi connectivity index (χ1) is 13.5. The molecule has 0 saturated heterocycles. The second kappa shape index (κ2) is 9.24. The van der Waals surface area contributed by atoms with Gasteiger partial charge in [-0.25, -0.2) is 0 Å². The quantitative estimate of drug-likeness (QED) is 0.541. The van der Waals surface area contributed by atoms with Gasteiger partial charge < -0.3 is 5.32 Å². The van der Waals surface area contributed by atoms with E-state index < -0.39 is 0 Å². The van der Waals surface area contributed by atoms with Crippen molar-refractivity contribution in [2.45, 2.75) is 13.0 Å². The minimum absolute atomic E-state index is 0.0448. The third-order valence-corrected chi connectivity index (χ3v) is 5.42. The van der Waals surface area contributed by atoms with Crippen molar-refractivity contribution in [3.63, 3.8) is 0 Å². The fourth-order valence-corrected chi connectivity index (χ4v) is 3.71. The van der Waals surface area contributed by atoms with Crippen molar-refractivity contribution in [1.29, 1.82) is 0 Å². The van der Waals surface area contributed by atoms with Crippen molar-refractivity contribution in [3.05, 3.63) is 99.5 Å². The van der Waals surface area contributed by atoms with Crippen molar-refractivity contribution in [1.82, 2.24) is 4.90 Å². The maximum atomic E-state index is 12.7. The maximum Gasteiger partial charge on any atom is 0.238 e. The molecule has 0 atom stereocenters. The molecule has 144 valence electrons. The van der Waals surface area contributed by atoms with E-state index >= 15 is 0 Å². The molecule has 3 rings (SSSR count). The topological polar surface area (TPSA) is 32.3 Å². The summed E-state index contributed by atoms with van der Waals surface area (Å²) in [5.74, 6) is -0.172. The lowest BCUT2D eigenvalue weighted by atomic mass is 9.97. The van der Waals surface area contributed by atoms with Gasteiger partial charge >= 0.3 is 0 Å². The van der Waals surface area contributed by atoms with Crippen LogP contribution >= 0.6 is 23.2 Å². The second-order valence-electron chi connectivity index (χ2n) is 6.74. The van der Waals surface area contributed by atoms with Crippen molar-refractivity contribution < 1.29 is 4.79 Å². The average Bonchev–Trinajstić information content (AvgIpc) is 2.70. The summed E-state index contributed by atoms with van der Waals surface area (Å²) in [7, 11) is 1.93. The van der Waals surface area contributed by atoms with Crippen LogP contribution in [0.3, 0.4) is 0 Å². The molecule has 0 saturated carbocycles. The molecule has 0 aromatic heterocycles. The Kier molecular flexibility index (Phi) is 6.74. The Morgan fingerprint density at radius 2 is 1.46 bits per heavy atom. The van der Waals surface area contributed by atoms with Gasteiger partial charge in [0.05, 0.1) is 28.3 Å². The lowest BCUT2D eigenvalue weighted by Gasteiger charge is -2.28. The summed E-state index contributed by atoms with van der Waals surface area (Å²) >= 11 is 12.5. The van der Waals surface area contributed by atoms with Crippen LogP contribution < -0.4 is 5.32 Å². The van der Waals surface area contributed by atoms with E-state index in [4.69, 9.17) is 23.2 Å². The van der Waals surface area contributed by atoms with Crippen molar-refractivity contribution in [3.8, 4) is 0 Å². The van der Waals surface area contributed by atoms with Gasteiger partial charge in [0.1, 0.15) is 0 Å². The molecule has 1 amide bonds. The monoisotopic (exact) mass is 412 g/mol. The van der Waals surface area contributed by atoms with Crippen molar-refractivity contribution in [2.24, 2.45) is 0 Å². The van der Waals surface area contributed by atoms with Crippen LogP contribution in [-0.2, 0) is 4.79 Å². The molecule has 0 aliphatic carbocycles. The molecule has 28 heavy (non-hydrogen) atoms. The highest BCUT2D eigenvalue weighted by Crippen LogP contribution is 2.33. The lowest BCUT2D eigenvalue weighted by molar-refractivity contribution is -0.117. The Balaban J connectivity index is 1.82. The number of aryl methyl sites for hydroxylation is 1. The van der Waals surface area contributed by atoms with Gasteiger partial charge in [-0.05, 0) is 36.7 Å². The molecule has 5 heteroatoms. The number of nitrogens with one attached hydrogen (secondary N) is 1. The summed E-state index contributed by atoms with van der Waals surface area (Å²) in [6.45, 7) is 2.07. The average molecular weight is 413 g/mol. The highest BCUT2D eigenvalue weighted by atomic mass is 35.5. The van der Waals surface area contributed by atoms with Crippen LogP contribution in [0.25, 0.3) is 0 Å². The Morgan fingerprint density at radius 3 is 2.00 bits per heavy atom. The number of nitrogens with zero attached hydrogens (tertiary/aromatic N) is 1. The molecule has 3 aromatic carbocycles. The summed E-state index contributed by atoms with van der Waals surface area (Å²) in [6, 6.07) is 23.8. The number of amides is 1. The van der Waals surface area contributed by atoms with E-state index in [0.717, 1.165) is 16.7 Å². The molecule has 0 heterocycles. The van der Waals surface area contributed by atoms with Gasteiger partial charge in [0.25, 0.3) is 0 Å². The second-order valence-corrected chi connectivity index (χ2v) is 7.53. The Bertz CT molecular complexity index is 906. The maximum absolute atomic E-state index is 12.7. The van der Waals surface area contributed by atoms with E-state index in [2.05, 4.69) is 29.6 Å². The van der Waals surface area contributed by atoms with Gasteiger partial charge in [0, 0.05) is 0 Å². The van der Waals surface area contributed by atoms with Gasteiger partial charge in [-0.15, -0.1) is 0 Å². The highest BCUT2D eigenvalue weighted by Gasteiger charge is 2.22. The summed E-state index contributed by atoms with van der Waals surface area (Å²) < 4.78 is 0. The van der Waals surface area contributed by atoms with E-state index in [9.17, 15) is 4.79 Å². The molecule has 0 spiro atoms. The molecule has 0 bridgehead atoms. The van der Waals surface area contributed by atoms with Crippen LogP contribution in [0.2, 0.25) is 10.0 Å². The molecule has 0 unspecified atom stereocenters. The zero-order valence-corrected chi connectivity index (χ0v) is 17.3. The van der Waals surface area contributed by atoms with Crippen LogP contribution in [0, 0.1) is 6.92 Å². The predicted octanol–water partition coefficient (Wildman–Crippen LogP) is 5.96. The Morgan fingerprint density at radius 1 is 0.929 bits per heavy atom. The minimum Gasteiger partial charge on any atom is -0.322 e.